The molecule has 0 aliphatic carbocycles. The number of hydrogen-bond acceptors (Lipinski definition) is 3. The minimum Gasteiger partial charge on any atom is -0.488 e. The molecule has 0 amide bonds. The van der Waals surface area contributed by atoms with E-state index in [4.69, 9.17) is 7.48 Å². The molecule has 0 radical (unpaired) electrons. The Balaban J connectivity index is 1.94. The van der Waals surface area contributed by atoms with Crippen LogP contribution in [0.5, 0.6) is 5.75 Å². The number of aromatic nitrogens is 2. The molecule has 122 valence electrons. The zero-order valence-electron chi connectivity index (χ0n) is 14.0. The third-order valence-electron chi connectivity index (χ3n) is 3.11. The number of ether oxygens (including phenoxy) is 1. The third-order valence-corrected chi connectivity index (χ3v) is 3.11. The van der Waals surface area contributed by atoms with Crippen molar-refractivity contribution in [1.29, 1.82) is 0 Å². The van der Waals surface area contributed by atoms with Crippen molar-refractivity contribution in [3.05, 3.63) is 88.4 Å². The lowest BCUT2D eigenvalue weighted by Crippen LogP contribution is -2.16. The lowest BCUT2D eigenvalue weighted by Gasteiger charge is -2.10. The van der Waals surface area contributed by atoms with Crippen LogP contribution in [0.1, 0.15) is 8.30 Å². The lowest BCUT2D eigenvalue weighted by atomic mass is 10.2. The smallest absolute Gasteiger partial charge is 0.258 e. The number of pyridine rings is 2. The minimum atomic E-state index is -2.96. The van der Waals surface area contributed by atoms with Crippen LogP contribution < -0.4 is 10.3 Å². The van der Waals surface area contributed by atoms with Crippen LogP contribution in [0.2, 0.25) is 0 Å². The van der Waals surface area contributed by atoms with Crippen molar-refractivity contribution in [2.24, 2.45) is 0 Å². The van der Waals surface area contributed by atoms with Crippen molar-refractivity contribution in [3.8, 4) is 11.4 Å². The first-order valence-electron chi connectivity index (χ1n) is 7.75. The minimum absolute atomic E-state index is 0.242. The molecule has 0 atom stereocenters. The quantitative estimate of drug-likeness (QED) is 0.736. The van der Waals surface area contributed by atoms with Crippen LogP contribution in [0, 0.1) is 17.5 Å². The Morgan fingerprint density at radius 3 is 2.38 bits per heavy atom. The summed E-state index contributed by atoms with van der Waals surface area (Å²) in [6, 6.07) is 6.10. The molecule has 0 unspecified atom stereocenters. The van der Waals surface area contributed by atoms with Crippen molar-refractivity contribution < 1.29 is 20.6 Å². The third kappa shape index (κ3) is 3.29. The molecule has 1 aromatic carbocycles. The van der Waals surface area contributed by atoms with Crippen LogP contribution in [0.15, 0.2) is 59.8 Å². The van der Waals surface area contributed by atoms with Gasteiger partial charge in [0.2, 0.25) is 0 Å². The van der Waals surface area contributed by atoms with E-state index in [0.29, 0.717) is 17.8 Å². The average molecular weight is 334 g/mol. The maximum Gasteiger partial charge on any atom is 0.258 e. The topological polar surface area (TPSA) is 44.1 Å². The molecule has 0 N–H and O–H groups in total. The molecule has 7 heteroatoms. The van der Waals surface area contributed by atoms with Crippen LogP contribution in [0.4, 0.5) is 13.2 Å². The molecule has 0 bridgehead atoms. The summed E-state index contributed by atoms with van der Waals surface area (Å²) in [6.07, 6.45) is 4.30. The molecule has 0 saturated carbocycles. The highest BCUT2D eigenvalue weighted by Crippen LogP contribution is 2.18. The van der Waals surface area contributed by atoms with E-state index in [-0.39, 0.29) is 5.75 Å². The van der Waals surface area contributed by atoms with E-state index >= 15 is 0 Å². The molecule has 0 aliphatic heterocycles. The fourth-order valence-corrected chi connectivity index (χ4v) is 1.99. The summed E-state index contributed by atoms with van der Waals surface area (Å²) < 4.78 is 62.4. The fraction of sp³-hybridized carbons (Fsp3) is 0.0588. The maximum absolute atomic E-state index is 13.8. The first-order chi connectivity index (χ1) is 12.3. The number of benzene rings is 1. The van der Waals surface area contributed by atoms with Gasteiger partial charge in [-0.1, -0.05) is 0 Å². The van der Waals surface area contributed by atoms with E-state index in [2.05, 4.69) is 4.98 Å². The number of nitrogens with zero attached hydrogens (tertiary/aromatic N) is 2. The number of rotatable bonds is 4. The highest BCUT2D eigenvalue weighted by atomic mass is 19.1. The molecule has 0 spiro atoms. The highest BCUT2D eigenvalue weighted by molar-refractivity contribution is 5.32. The first-order valence-corrected chi connectivity index (χ1v) is 6.75. The molecule has 2 heterocycles. The van der Waals surface area contributed by atoms with Crippen LogP contribution in [0.3, 0.4) is 0 Å². The largest absolute Gasteiger partial charge is 0.488 e. The van der Waals surface area contributed by atoms with Gasteiger partial charge in [0.25, 0.3) is 5.56 Å². The van der Waals surface area contributed by atoms with E-state index in [1.54, 1.807) is 12.1 Å². The van der Waals surface area contributed by atoms with Crippen LogP contribution in [-0.4, -0.2) is 9.55 Å². The Morgan fingerprint density at radius 1 is 1.08 bits per heavy atom. The van der Waals surface area contributed by atoms with Crippen molar-refractivity contribution in [2.45, 2.75) is 6.56 Å². The normalized spacial score (nSPS) is 12.5. The second-order valence-electron chi connectivity index (χ2n) is 4.72. The maximum atomic E-state index is 13.8. The van der Waals surface area contributed by atoms with Crippen LogP contribution in [0.25, 0.3) is 5.69 Å². The first kappa shape index (κ1) is 13.4. The van der Waals surface area contributed by atoms with Gasteiger partial charge in [-0.3, -0.25) is 14.3 Å². The molecular weight excluding hydrogens is 321 g/mol. The Hall–Kier alpha value is -3.09. The summed E-state index contributed by atoms with van der Waals surface area (Å²) >= 11 is 0. The SMILES string of the molecule is [2H]C([2H])(Oc1ccn(-c2ccncc2)c(=O)c1)c1c(F)cc(F)cc1F. The monoisotopic (exact) mass is 334 g/mol. The van der Waals surface area contributed by atoms with Crippen molar-refractivity contribution in [3.63, 3.8) is 0 Å². The lowest BCUT2D eigenvalue weighted by molar-refractivity contribution is 0.291. The highest BCUT2D eigenvalue weighted by Gasteiger charge is 2.12. The van der Waals surface area contributed by atoms with E-state index in [9.17, 15) is 18.0 Å². The molecule has 2 aromatic heterocycles. The predicted molar refractivity (Wildman–Crippen MR) is 80.5 cm³/mol. The van der Waals surface area contributed by atoms with E-state index in [0.717, 1.165) is 6.07 Å². The van der Waals surface area contributed by atoms with Crippen molar-refractivity contribution >= 4 is 0 Å². The van der Waals surface area contributed by atoms with Gasteiger partial charge in [0, 0.05) is 36.8 Å². The second kappa shape index (κ2) is 6.57. The van der Waals surface area contributed by atoms with Gasteiger partial charge in [-0.05, 0) is 18.2 Å². The zero-order valence-corrected chi connectivity index (χ0v) is 12.0. The van der Waals surface area contributed by atoms with Gasteiger partial charge in [-0.15, -0.1) is 0 Å². The second-order valence-corrected chi connectivity index (χ2v) is 4.72. The van der Waals surface area contributed by atoms with E-state index in [1.807, 2.05) is 0 Å². The van der Waals surface area contributed by atoms with Crippen LogP contribution >= 0.6 is 0 Å². The number of halogens is 3. The van der Waals surface area contributed by atoms with Gasteiger partial charge >= 0.3 is 0 Å². The molecule has 3 aromatic rings. The van der Waals surface area contributed by atoms with Gasteiger partial charge in [-0.25, -0.2) is 13.2 Å². The standard InChI is InChI=1S/C17H11F3N2O2/c18-11-7-15(19)14(16(20)8-11)10-24-13-3-6-22(17(23)9-13)12-1-4-21-5-2-12/h1-9H,10H2/i10D2. The number of hydrogen-bond donors (Lipinski definition) is 0. The molecule has 0 fully saturated rings. The van der Waals surface area contributed by atoms with Gasteiger partial charge in [0.1, 0.15) is 29.8 Å². The Labute approximate surface area is 137 Å². The molecule has 24 heavy (non-hydrogen) atoms. The van der Waals surface area contributed by atoms with E-state index < -0.39 is 35.1 Å². The van der Waals surface area contributed by atoms with Crippen LogP contribution in [-0.2, 0) is 6.56 Å². The summed E-state index contributed by atoms with van der Waals surface area (Å²) in [7, 11) is 0. The van der Waals surface area contributed by atoms with E-state index in [1.165, 1.54) is 29.2 Å². The Kier molecular flexibility index (Phi) is 3.66. The Morgan fingerprint density at radius 2 is 1.75 bits per heavy atom. The molecule has 0 aliphatic rings. The zero-order chi connectivity index (χ0) is 18.9. The molecule has 0 saturated heterocycles. The summed E-state index contributed by atoms with van der Waals surface area (Å²) in [4.78, 5) is 16.0. The molecule has 3 rings (SSSR count). The van der Waals surface area contributed by atoms with Gasteiger partial charge in [0.15, 0.2) is 0 Å². The van der Waals surface area contributed by atoms with Crippen molar-refractivity contribution in [2.75, 3.05) is 0 Å². The van der Waals surface area contributed by atoms with Crippen molar-refractivity contribution in [1.82, 2.24) is 9.55 Å². The summed E-state index contributed by atoms with van der Waals surface area (Å²) in [5.41, 5.74) is -1.11. The predicted octanol–water partition coefficient (Wildman–Crippen LogP) is 3.23. The van der Waals surface area contributed by atoms with Gasteiger partial charge < -0.3 is 4.74 Å². The van der Waals surface area contributed by atoms with Gasteiger partial charge in [0.05, 0.1) is 14.0 Å². The molecule has 4 nitrogen and oxygen atoms in total. The summed E-state index contributed by atoms with van der Waals surface area (Å²) in [6.45, 7) is -2.96. The fourth-order valence-electron chi connectivity index (χ4n) is 1.99. The summed E-state index contributed by atoms with van der Waals surface area (Å²) in [5.74, 6) is -4.29. The Bertz CT molecular complexity index is 987. The average Bonchev–Trinajstić information content (AvgIpc) is 2.54. The van der Waals surface area contributed by atoms with Gasteiger partial charge in [-0.2, -0.15) is 0 Å². The summed E-state index contributed by atoms with van der Waals surface area (Å²) in [5, 5.41) is 0. The molecular formula is C17H11F3N2O2.